The summed E-state index contributed by atoms with van der Waals surface area (Å²) in [6.45, 7) is 0. The zero-order chi connectivity index (χ0) is 10.7. The number of hydrogen-bond acceptors (Lipinski definition) is 5. The molecule has 0 aliphatic carbocycles. The average molecular weight is 204 g/mol. The molecule has 0 saturated heterocycles. The van der Waals surface area contributed by atoms with Gasteiger partial charge in [0.25, 0.3) is 5.82 Å². The summed E-state index contributed by atoms with van der Waals surface area (Å²) in [5.74, 6) is -0.507. The van der Waals surface area contributed by atoms with Crippen LogP contribution in [0, 0.1) is 0 Å². The molecule has 0 fully saturated rings. The molecule has 0 amide bonds. The van der Waals surface area contributed by atoms with Crippen LogP contribution in [0.25, 0.3) is 5.69 Å². The molecular formula is C9H8N4O2. The summed E-state index contributed by atoms with van der Waals surface area (Å²) >= 11 is 0. The summed E-state index contributed by atoms with van der Waals surface area (Å²) in [6.07, 6.45) is 0. The molecule has 1 aromatic carbocycles. The van der Waals surface area contributed by atoms with Crippen molar-refractivity contribution in [1.29, 1.82) is 0 Å². The van der Waals surface area contributed by atoms with Crippen LogP contribution in [0.5, 0.6) is 0 Å². The lowest BCUT2D eigenvalue weighted by Crippen LogP contribution is -2.11. The highest BCUT2D eigenvalue weighted by Gasteiger charge is 2.16. The van der Waals surface area contributed by atoms with Crippen molar-refractivity contribution in [2.45, 2.75) is 0 Å². The number of carbonyl (C=O) groups is 1. The van der Waals surface area contributed by atoms with Crippen molar-refractivity contribution >= 4 is 5.97 Å². The quantitative estimate of drug-likeness (QED) is 0.664. The van der Waals surface area contributed by atoms with Crippen LogP contribution in [-0.2, 0) is 4.74 Å². The van der Waals surface area contributed by atoms with E-state index in [-0.39, 0.29) is 5.82 Å². The van der Waals surface area contributed by atoms with Gasteiger partial charge >= 0.3 is 5.97 Å². The number of aromatic nitrogens is 4. The van der Waals surface area contributed by atoms with Gasteiger partial charge in [0.1, 0.15) is 0 Å². The minimum atomic E-state index is -0.566. The zero-order valence-corrected chi connectivity index (χ0v) is 7.99. The number of hydrogen-bond donors (Lipinski definition) is 0. The van der Waals surface area contributed by atoms with E-state index >= 15 is 0 Å². The molecule has 0 N–H and O–H groups in total. The van der Waals surface area contributed by atoms with E-state index in [1.807, 2.05) is 18.2 Å². The van der Waals surface area contributed by atoms with Gasteiger partial charge in [-0.3, -0.25) is 0 Å². The van der Waals surface area contributed by atoms with Gasteiger partial charge < -0.3 is 4.74 Å². The van der Waals surface area contributed by atoms with E-state index in [0.717, 1.165) is 0 Å². The number of para-hydroxylation sites is 1. The number of nitrogens with zero attached hydrogens (tertiary/aromatic N) is 4. The van der Waals surface area contributed by atoms with Crippen molar-refractivity contribution in [2.75, 3.05) is 7.11 Å². The molecule has 0 radical (unpaired) electrons. The number of rotatable bonds is 2. The van der Waals surface area contributed by atoms with E-state index < -0.39 is 5.97 Å². The van der Waals surface area contributed by atoms with E-state index in [0.29, 0.717) is 5.69 Å². The minimum absolute atomic E-state index is 0.0590. The second kappa shape index (κ2) is 3.87. The predicted molar refractivity (Wildman–Crippen MR) is 50.5 cm³/mol. The molecule has 6 heteroatoms. The van der Waals surface area contributed by atoms with E-state index in [1.54, 1.807) is 12.1 Å². The molecule has 6 nitrogen and oxygen atoms in total. The maximum Gasteiger partial charge on any atom is 0.378 e. The van der Waals surface area contributed by atoms with Crippen molar-refractivity contribution in [3.05, 3.63) is 36.2 Å². The monoisotopic (exact) mass is 204 g/mol. The first-order valence-corrected chi connectivity index (χ1v) is 4.25. The van der Waals surface area contributed by atoms with Crippen LogP contribution in [0.1, 0.15) is 10.6 Å². The van der Waals surface area contributed by atoms with Gasteiger partial charge in [-0.2, -0.15) is 4.68 Å². The highest BCUT2D eigenvalue weighted by molar-refractivity contribution is 5.85. The average Bonchev–Trinajstić information content (AvgIpc) is 2.78. The number of carbonyl (C=O) groups excluding carboxylic acids is 1. The summed E-state index contributed by atoms with van der Waals surface area (Å²) in [5, 5.41) is 10.7. The normalized spacial score (nSPS) is 9.93. The summed E-state index contributed by atoms with van der Waals surface area (Å²) < 4.78 is 5.88. The highest BCUT2D eigenvalue weighted by atomic mass is 16.5. The lowest BCUT2D eigenvalue weighted by molar-refractivity contribution is 0.0583. The van der Waals surface area contributed by atoms with Crippen LogP contribution in [0.3, 0.4) is 0 Å². The van der Waals surface area contributed by atoms with Gasteiger partial charge in [-0.05, 0) is 22.6 Å². The Labute approximate surface area is 85.5 Å². The third-order valence-corrected chi connectivity index (χ3v) is 1.84. The summed E-state index contributed by atoms with van der Waals surface area (Å²) in [5.41, 5.74) is 0.711. The topological polar surface area (TPSA) is 69.9 Å². The summed E-state index contributed by atoms with van der Waals surface area (Å²) in [7, 11) is 1.28. The fraction of sp³-hybridized carbons (Fsp3) is 0.111. The maximum atomic E-state index is 11.3. The molecule has 0 aliphatic rings. The fourth-order valence-corrected chi connectivity index (χ4v) is 1.15. The molecule has 0 spiro atoms. The largest absolute Gasteiger partial charge is 0.463 e. The van der Waals surface area contributed by atoms with E-state index in [2.05, 4.69) is 20.3 Å². The standard InChI is InChI=1S/C9H8N4O2/c1-15-9(14)8-10-11-12-13(8)7-5-3-2-4-6-7/h2-6H,1H3. The number of ether oxygens (including phenoxy) is 1. The smallest absolute Gasteiger partial charge is 0.378 e. The minimum Gasteiger partial charge on any atom is -0.463 e. The Bertz CT molecular complexity index is 466. The molecule has 2 aromatic rings. The van der Waals surface area contributed by atoms with Crippen LogP contribution in [-0.4, -0.2) is 33.3 Å². The van der Waals surface area contributed by atoms with E-state index in [4.69, 9.17) is 0 Å². The van der Waals surface area contributed by atoms with Gasteiger partial charge in [0.2, 0.25) is 0 Å². The van der Waals surface area contributed by atoms with Crippen molar-refractivity contribution < 1.29 is 9.53 Å². The third-order valence-electron chi connectivity index (χ3n) is 1.84. The first-order valence-electron chi connectivity index (χ1n) is 4.25. The van der Waals surface area contributed by atoms with Gasteiger partial charge in [0.05, 0.1) is 12.8 Å². The predicted octanol–water partition coefficient (Wildman–Crippen LogP) is 0.449. The van der Waals surface area contributed by atoms with Crippen LogP contribution in [0.15, 0.2) is 30.3 Å². The summed E-state index contributed by atoms with van der Waals surface area (Å²) in [6, 6.07) is 9.12. The van der Waals surface area contributed by atoms with Gasteiger partial charge in [-0.1, -0.05) is 18.2 Å². The number of esters is 1. The first kappa shape index (κ1) is 9.32. The molecule has 0 atom stereocenters. The Kier molecular flexibility index (Phi) is 2.40. The molecule has 0 saturated carbocycles. The summed E-state index contributed by atoms with van der Waals surface area (Å²) in [4.78, 5) is 11.3. The van der Waals surface area contributed by atoms with Crippen LogP contribution in [0.4, 0.5) is 0 Å². The van der Waals surface area contributed by atoms with Crippen molar-refractivity contribution in [3.8, 4) is 5.69 Å². The molecule has 0 bridgehead atoms. The van der Waals surface area contributed by atoms with Crippen LogP contribution in [0.2, 0.25) is 0 Å². The Morgan fingerprint density at radius 1 is 1.33 bits per heavy atom. The maximum absolute atomic E-state index is 11.3. The Morgan fingerprint density at radius 3 is 2.73 bits per heavy atom. The van der Waals surface area contributed by atoms with Crippen LogP contribution >= 0.6 is 0 Å². The lowest BCUT2D eigenvalue weighted by Gasteiger charge is -2.01. The van der Waals surface area contributed by atoms with E-state index in [1.165, 1.54) is 11.8 Å². The van der Waals surface area contributed by atoms with Gasteiger partial charge in [-0.15, -0.1) is 5.10 Å². The second-order valence-corrected chi connectivity index (χ2v) is 2.74. The van der Waals surface area contributed by atoms with Gasteiger partial charge in [0, 0.05) is 0 Å². The van der Waals surface area contributed by atoms with Crippen LogP contribution < -0.4 is 0 Å². The molecule has 76 valence electrons. The Hall–Kier alpha value is -2.24. The molecule has 15 heavy (non-hydrogen) atoms. The van der Waals surface area contributed by atoms with E-state index in [9.17, 15) is 4.79 Å². The van der Waals surface area contributed by atoms with Crippen molar-refractivity contribution in [2.24, 2.45) is 0 Å². The molecule has 2 rings (SSSR count). The highest BCUT2D eigenvalue weighted by Crippen LogP contribution is 2.07. The molecule has 0 unspecified atom stereocenters. The zero-order valence-electron chi connectivity index (χ0n) is 7.99. The second-order valence-electron chi connectivity index (χ2n) is 2.74. The number of methoxy groups -OCH3 is 1. The van der Waals surface area contributed by atoms with Gasteiger partial charge in [-0.25, -0.2) is 4.79 Å². The molecule has 1 heterocycles. The Morgan fingerprint density at radius 2 is 2.07 bits per heavy atom. The molecular weight excluding hydrogens is 196 g/mol. The molecule has 1 aromatic heterocycles. The van der Waals surface area contributed by atoms with Crippen molar-refractivity contribution in [1.82, 2.24) is 20.2 Å². The van der Waals surface area contributed by atoms with Gasteiger partial charge in [0.15, 0.2) is 0 Å². The number of benzene rings is 1. The Balaban J connectivity index is 2.46. The SMILES string of the molecule is COC(=O)c1nnnn1-c1ccccc1. The fourth-order valence-electron chi connectivity index (χ4n) is 1.15. The molecule has 0 aliphatic heterocycles. The number of tetrazole rings is 1. The lowest BCUT2D eigenvalue weighted by atomic mass is 10.3. The van der Waals surface area contributed by atoms with Crippen molar-refractivity contribution in [3.63, 3.8) is 0 Å². The first-order chi connectivity index (χ1) is 7.33. The third kappa shape index (κ3) is 1.69.